The molecule has 2 aliphatic rings. The summed E-state index contributed by atoms with van der Waals surface area (Å²) in [6, 6.07) is 11.4. The highest BCUT2D eigenvalue weighted by Gasteiger charge is 2.32. The molecule has 2 aromatic carbocycles. The number of methoxy groups -OCH3 is 1. The number of hydrogen-bond donors (Lipinski definition) is 3. The number of carbonyl (C=O) groups excluding carboxylic acids is 2. The zero-order valence-electron chi connectivity index (χ0n) is 18.0. The lowest BCUT2D eigenvalue weighted by molar-refractivity contribution is -0.113. The van der Waals surface area contributed by atoms with E-state index in [1.54, 1.807) is 44.4 Å². The van der Waals surface area contributed by atoms with E-state index in [0.717, 1.165) is 12.8 Å². The van der Waals surface area contributed by atoms with Crippen LogP contribution in [0.1, 0.15) is 44.2 Å². The van der Waals surface area contributed by atoms with Gasteiger partial charge in [-0.25, -0.2) is 4.79 Å². The Bertz CT molecular complexity index is 1060. The Morgan fingerprint density at radius 1 is 1.12 bits per heavy atom. The van der Waals surface area contributed by atoms with Gasteiger partial charge in [-0.3, -0.25) is 4.79 Å². The topological polar surface area (TPSA) is 88.7 Å². The molecule has 1 fully saturated rings. The van der Waals surface area contributed by atoms with Crippen LogP contribution in [0.3, 0.4) is 0 Å². The summed E-state index contributed by atoms with van der Waals surface area (Å²) in [5, 5.41) is 8.79. The highest BCUT2D eigenvalue weighted by atomic mass is 35.5. The van der Waals surface area contributed by atoms with Crippen LogP contribution in [0, 0.1) is 0 Å². The van der Waals surface area contributed by atoms with Crippen molar-refractivity contribution in [2.24, 2.45) is 0 Å². The second-order valence-corrected chi connectivity index (χ2v) is 8.35. The van der Waals surface area contributed by atoms with Gasteiger partial charge in [0.1, 0.15) is 0 Å². The highest BCUT2D eigenvalue weighted by Crippen LogP contribution is 2.36. The number of urea groups is 1. The van der Waals surface area contributed by atoms with E-state index in [-0.39, 0.29) is 18.0 Å². The van der Waals surface area contributed by atoms with Crippen LogP contribution in [0.2, 0.25) is 5.02 Å². The Balaban J connectivity index is 1.64. The van der Waals surface area contributed by atoms with Gasteiger partial charge >= 0.3 is 6.03 Å². The van der Waals surface area contributed by atoms with Gasteiger partial charge in [0, 0.05) is 5.70 Å². The molecule has 0 radical (unpaired) electrons. The first kappa shape index (κ1) is 22.0. The molecular formula is C24H26ClN3O4. The second kappa shape index (κ2) is 9.53. The minimum Gasteiger partial charge on any atom is -0.493 e. The summed E-state index contributed by atoms with van der Waals surface area (Å²) in [5.41, 5.74) is 2.05. The summed E-state index contributed by atoms with van der Waals surface area (Å²) in [7, 11) is 1.58. The SMILES string of the molecule is COc1cc(C2NC(=O)NC(C)=C2C(=O)Nc2ccccc2Cl)ccc1OC1CCCC1. The molecule has 1 atom stereocenters. The number of halogens is 1. The lowest BCUT2D eigenvalue weighted by Gasteiger charge is -2.29. The van der Waals surface area contributed by atoms with Crippen molar-refractivity contribution in [2.45, 2.75) is 44.8 Å². The van der Waals surface area contributed by atoms with Crippen LogP contribution in [0.15, 0.2) is 53.7 Å². The Labute approximate surface area is 192 Å². The quantitative estimate of drug-likeness (QED) is 0.575. The maximum Gasteiger partial charge on any atom is 0.319 e. The number of anilines is 1. The molecule has 3 amide bonds. The number of allylic oxidation sites excluding steroid dienone is 1. The van der Waals surface area contributed by atoms with Crippen LogP contribution in [0.25, 0.3) is 0 Å². The maximum atomic E-state index is 13.2. The van der Waals surface area contributed by atoms with E-state index in [1.165, 1.54) is 12.8 Å². The molecule has 0 bridgehead atoms. The van der Waals surface area contributed by atoms with Crippen molar-refractivity contribution in [2.75, 3.05) is 12.4 Å². The fraction of sp³-hybridized carbons (Fsp3) is 0.333. The van der Waals surface area contributed by atoms with Gasteiger partial charge in [0.2, 0.25) is 0 Å². The van der Waals surface area contributed by atoms with E-state index in [9.17, 15) is 9.59 Å². The average molecular weight is 456 g/mol. The number of para-hydroxylation sites is 1. The minimum absolute atomic E-state index is 0.187. The van der Waals surface area contributed by atoms with Gasteiger partial charge in [0.25, 0.3) is 5.91 Å². The number of nitrogens with one attached hydrogen (secondary N) is 3. The monoisotopic (exact) mass is 455 g/mol. The molecule has 1 aliphatic heterocycles. The molecule has 168 valence electrons. The number of carbonyl (C=O) groups is 2. The van der Waals surface area contributed by atoms with Crippen molar-refractivity contribution in [3.05, 3.63) is 64.3 Å². The highest BCUT2D eigenvalue weighted by molar-refractivity contribution is 6.33. The summed E-state index contributed by atoms with van der Waals surface area (Å²) >= 11 is 6.20. The normalized spacial score (nSPS) is 18.7. The summed E-state index contributed by atoms with van der Waals surface area (Å²) in [6.45, 7) is 1.70. The van der Waals surface area contributed by atoms with Crippen LogP contribution < -0.4 is 25.4 Å². The van der Waals surface area contributed by atoms with Crippen LogP contribution in [-0.4, -0.2) is 25.2 Å². The average Bonchev–Trinajstić information content (AvgIpc) is 3.28. The van der Waals surface area contributed by atoms with E-state index in [1.807, 2.05) is 12.1 Å². The molecular weight excluding hydrogens is 430 g/mol. The largest absolute Gasteiger partial charge is 0.493 e. The van der Waals surface area contributed by atoms with Crippen molar-refractivity contribution in [3.8, 4) is 11.5 Å². The number of benzene rings is 2. The molecule has 0 saturated heterocycles. The van der Waals surface area contributed by atoms with E-state index < -0.39 is 6.04 Å². The van der Waals surface area contributed by atoms with E-state index >= 15 is 0 Å². The van der Waals surface area contributed by atoms with E-state index in [0.29, 0.717) is 39.0 Å². The zero-order chi connectivity index (χ0) is 22.7. The molecule has 1 heterocycles. The molecule has 7 nitrogen and oxygen atoms in total. The Hall–Kier alpha value is -3.19. The van der Waals surface area contributed by atoms with Gasteiger partial charge in [-0.05, 0) is 62.4 Å². The lowest BCUT2D eigenvalue weighted by atomic mass is 9.94. The van der Waals surface area contributed by atoms with Gasteiger partial charge in [-0.1, -0.05) is 29.8 Å². The van der Waals surface area contributed by atoms with Gasteiger partial charge in [0.05, 0.1) is 35.5 Å². The molecule has 1 saturated carbocycles. The molecule has 3 N–H and O–H groups in total. The summed E-state index contributed by atoms with van der Waals surface area (Å²) in [6.07, 6.45) is 4.58. The first-order chi connectivity index (χ1) is 15.5. The molecule has 32 heavy (non-hydrogen) atoms. The van der Waals surface area contributed by atoms with E-state index in [4.69, 9.17) is 21.1 Å². The van der Waals surface area contributed by atoms with Crippen molar-refractivity contribution < 1.29 is 19.1 Å². The summed E-state index contributed by atoms with van der Waals surface area (Å²) < 4.78 is 11.7. The molecule has 8 heteroatoms. The molecule has 4 rings (SSSR count). The Kier molecular flexibility index (Phi) is 6.55. The van der Waals surface area contributed by atoms with Crippen LogP contribution in [-0.2, 0) is 4.79 Å². The first-order valence-electron chi connectivity index (χ1n) is 10.6. The third-order valence-electron chi connectivity index (χ3n) is 5.75. The lowest BCUT2D eigenvalue weighted by Crippen LogP contribution is -2.46. The van der Waals surface area contributed by atoms with Crippen LogP contribution >= 0.6 is 11.6 Å². The van der Waals surface area contributed by atoms with Crippen molar-refractivity contribution in [1.29, 1.82) is 0 Å². The molecule has 2 aromatic rings. The predicted octanol–water partition coefficient (Wildman–Crippen LogP) is 4.94. The summed E-state index contributed by atoms with van der Waals surface area (Å²) in [4.78, 5) is 25.4. The third kappa shape index (κ3) is 4.67. The Morgan fingerprint density at radius 2 is 1.88 bits per heavy atom. The van der Waals surface area contributed by atoms with E-state index in [2.05, 4.69) is 16.0 Å². The van der Waals surface area contributed by atoms with Gasteiger partial charge in [-0.2, -0.15) is 0 Å². The zero-order valence-corrected chi connectivity index (χ0v) is 18.8. The molecule has 1 aliphatic carbocycles. The number of amides is 3. The molecule has 0 aromatic heterocycles. The maximum absolute atomic E-state index is 13.2. The number of rotatable bonds is 6. The first-order valence-corrected chi connectivity index (χ1v) is 11.0. The summed E-state index contributed by atoms with van der Waals surface area (Å²) in [5.74, 6) is 0.857. The number of ether oxygens (including phenoxy) is 2. The standard InChI is InChI=1S/C24H26ClN3O4/c1-14-21(23(29)27-18-10-6-5-9-17(18)25)22(28-24(30)26-14)15-11-12-19(20(13-15)31-2)32-16-7-3-4-8-16/h5-6,9-13,16,22H,3-4,7-8H2,1-2H3,(H,27,29)(H2,26,28,30). The van der Waals surface area contributed by atoms with Crippen molar-refractivity contribution >= 4 is 29.2 Å². The van der Waals surface area contributed by atoms with Crippen molar-refractivity contribution in [3.63, 3.8) is 0 Å². The van der Waals surface area contributed by atoms with Crippen LogP contribution in [0.5, 0.6) is 11.5 Å². The van der Waals surface area contributed by atoms with Crippen LogP contribution in [0.4, 0.5) is 10.5 Å². The Morgan fingerprint density at radius 3 is 2.59 bits per heavy atom. The fourth-order valence-electron chi connectivity index (χ4n) is 4.14. The molecule has 0 spiro atoms. The molecule has 1 unspecified atom stereocenters. The van der Waals surface area contributed by atoms with Crippen molar-refractivity contribution in [1.82, 2.24) is 10.6 Å². The van der Waals surface area contributed by atoms with Gasteiger partial charge in [0.15, 0.2) is 11.5 Å². The van der Waals surface area contributed by atoms with Gasteiger partial charge in [-0.15, -0.1) is 0 Å². The fourth-order valence-corrected chi connectivity index (χ4v) is 4.33. The second-order valence-electron chi connectivity index (χ2n) is 7.94. The predicted molar refractivity (Wildman–Crippen MR) is 123 cm³/mol. The van der Waals surface area contributed by atoms with Gasteiger partial charge < -0.3 is 25.4 Å². The number of hydrogen-bond acceptors (Lipinski definition) is 4. The minimum atomic E-state index is -0.666. The third-order valence-corrected chi connectivity index (χ3v) is 6.08. The smallest absolute Gasteiger partial charge is 0.319 e.